The predicted molar refractivity (Wildman–Crippen MR) is 103 cm³/mol. The van der Waals surface area contributed by atoms with Crippen molar-refractivity contribution >= 4 is 43.4 Å². The van der Waals surface area contributed by atoms with E-state index in [2.05, 4.69) is 15.3 Å². The highest BCUT2D eigenvalue weighted by molar-refractivity contribution is 7.25. The Labute approximate surface area is 161 Å². The van der Waals surface area contributed by atoms with Gasteiger partial charge >= 0.3 is 0 Å². The van der Waals surface area contributed by atoms with E-state index in [1.54, 1.807) is 19.2 Å². The summed E-state index contributed by atoms with van der Waals surface area (Å²) >= 11 is 1.20. The van der Waals surface area contributed by atoms with E-state index in [9.17, 15) is 18.4 Å². The normalized spacial score (nSPS) is 12.4. The van der Waals surface area contributed by atoms with Gasteiger partial charge in [-0.25, -0.2) is 18.7 Å². The molecule has 0 aliphatic rings. The number of amides is 1. The number of thiophene rings is 1. The van der Waals surface area contributed by atoms with Crippen LogP contribution >= 0.6 is 11.3 Å². The molecule has 0 aliphatic carbocycles. The molecule has 4 aromatic rings. The predicted octanol–water partition coefficient (Wildman–Crippen LogP) is 3.87. The monoisotopic (exact) mass is 400 g/mol. The summed E-state index contributed by atoms with van der Waals surface area (Å²) in [5.41, 5.74) is -0.132. The van der Waals surface area contributed by atoms with Crippen LogP contribution in [0.4, 0.5) is 14.5 Å². The van der Waals surface area contributed by atoms with Crippen molar-refractivity contribution in [2.75, 3.05) is 5.32 Å². The van der Waals surface area contributed by atoms with E-state index in [1.165, 1.54) is 22.2 Å². The van der Waals surface area contributed by atoms with Gasteiger partial charge in [0.2, 0.25) is 5.91 Å². The quantitative estimate of drug-likeness (QED) is 0.564. The molecule has 6 nitrogen and oxygen atoms in total. The van der Waals surface area contributed by atoms with Crippen LogP contribution in [0.2, 0.25) is 0 Å². The number of fused-ring (bicyclic) bond motifs is 3. The Kier molecular flexibility index (Phi) is 4.60. The first-order valence-corrected chi connectivity index (χ1v) is 9.31. The zero-order chi connectivity index (χ0) is 19.8. The summed E-state index contributed by atoms with van der Waals surface area (Å²) < 4.78 is 28.8. The third-order valence-corrected chi connectivity index (χ3v) is 5.48. The number of hydrogen-bond donors (Lipinski definition) is 1. The van der Waals surface area contributed by atoms with E-state index in [4.69, 9.17) is 0 Å². The van der Waals surface area contributed by atoms with Gasteiger partial charge in [0, 0.05) is 17.6 Å². The Morgan fingerprint density at radius 2 is 2.11 bits per heavy atom. The number of carbonyl (C=O) groups is 1. The molecular formula is C19H14F2N4O2S. The summed E-state index contributed by atoms with van der Waals surface area (Å²) in [5, 5.41) is 3.12. The third kappa shape index (κ3) is 3.03. The highest BCUT2D eigenvalue weighted by atomic mass is 32.1. The standard InChI is InChI=1S/C19H14F2N4O2S/c1-2-14(17(26)24-13-8-10(20)5-6-12(13)21)25-9-23-15-11-4-3-7-22-18(11)28-16(15)19(25)27/h3-9,14H,2H2,1H3,(H,24,26)/t14-/m1/s1. The topological polar surface area (TPSA) is 76.9 Å². The molecule has 0 spiro atoms. The van der Waals surface area contributed by atoms with Crippen LogP contribution in [0.25, 0.3) is 20.4 Å². The Morgan fingerprint density at radius 1 is 1.29 bits per heavy atom. The molecule has 0 saturated heterocycles. The van der Waals surface area contributed by atoms with Crippen LogP contribution in [0.1, 0.15) is 19.4 Å². The number of aromatic nitrogens is 3. The van der Waals surface area contributed by atoms with Crippen molar-refractivity contribution in [1.82, 2.24) is 14.5 Å². The molecule has 0 radical (unpaired) electrons. The molecule has 0 fully saturated rings. The lowest BCUT2D eigenvalue weighted by Crippen LogP contribution is -2.33. The highest BCUT2D eigenvalue weighted by Crippen LogP contribution is 2.28. The molecule has 0 bridgehead atoms. The molecule has 0 saturated carbocycles. The van der Waals surface area contributed by atoms with Crippen molar-refractivity contribution in [3.05, 3.63) is 64.8 Å². The fourth-order valence-electron chi connectivity index (χ4n) is 3.02. The van der Waals surface area contributed by atoms with E-state index in [0.717, 1.165) is 23.6 Å². The van der Waals surface area contributed by atoms with E-state index >= 15 is 0 Å². The van der Waals surface area contributed by atoms with Gasteiger partial charge in [-0.05, 0) is 30.7 Å². The molecule has 9 heteroatoms. The molecule has 142 valence electrons. The summed E-state index contributed by atoms with van der Waals surface area (Å²) in [6.07, 6.45) is 3.20. The summed E-state index contributed by atoms with van der Waals surface area (Å²) in [6, 6.07) is 5.44. The fourth-order valence-corrected chi connectivity index (χ4v) is 4.06. The van der Waals surface area contributed by atoms with Gasteiger partial charge in [0.15, 0.2) is 0 Å². The van der Waals surface area contributed by atoms with Crippen LogP contribution in [0.15, 0.2) is 47.7 Å². The number of halogens is 2. The summed E-state index contributed by atoms with van der Waals surface area (Å²) in [4.78, 5) is 34.9. The van der Waals surface area contributed by atoms with Crippen molar-refractivity contribution in [3.63, 3.8) is 0 Å². The molecule has 1 aromatic carbocycles. The maximum Gasteiger partial charge on any atom is 0.272 e. The van der Waals surface area contributed by atoms with Crippen LogP contribution in [0, 0.1) is 11.6 Å². The number of rotatable bonds is 4. The molecule has 3 heterocycles. The molecule has 3 aromatic heterocycles. The first-order valence-electron chi connectivity index (χ1n) is 8.50. The smallest absolute Gasteiger partial charge is 0.272 e. The van der Waals surface area contributed by atoms with Crippen LogP contribution < -0.4 is 10.9 Å². The second-order valence-corrected chi connectivity index (χ2v) is 7.13. The Balaban J connectivity index is 1.75. The molecule has 0 unspecified atom stereocenters. The second-order valence-electron chi connectivity index (χ2n) is 6.13. The van der Waals surface area contributed by atoms with Crippen LogP contribution in [-0.2, 0) is 4.79 Å². The van der Waals surface area contributed by atoms with Crippen molar-refractivity contribution < 1.29 is 13.6 Å². The number of nitrogens with zero attached hydrogens (tertiary/aromatic N) is 3. The van der Waals surface area contributed by atoms with Gasteiger partial charge in [0.1, 0.15) is 27.2 Å². The van der Waals surface area contributed by atoms with E-state index in [1.807, 2.05) is 6.07 Å². The maximum absolute atomic E-state index is 13.8. The first kappa shape index (κ1) is 18.2. The lowest BCUT2D eigenvalue weighted by Gasteiger charge is -2.17. The molecule has 28 heavy (non-hydrogen) atoms. The Morgan fingerprint density at radius 3 is 2.89 bits per heavy atom. The SMILES string of the molecule is CC[C@H](C(=O)Nc1cc(F)ccc1F)n1cnc2c(sc3ncccc32)c1=O. The molecule has 0 aliphatic heterocycles. The van der Waals surface area contributed by atoms with E-state index in [-0.39, 0.29) is 17.7 Å². The molecule has 4 rings (SSSR count). The highest BCUT2D eigenvalue weighted by Gasteiger charge is 2.23. The maximum atomic E-state index is 13.8. The first-order chi connectivity index (χ1) is 13.5. The lowest BCUT2D eigenvalue weighted by atomic mass is 10.2. The van der Waals surface area contributed by atoms with Gasteiger partial charge in [-0.15, -0.1) is 11.3 Å². The van der Waals surface area contributed by atoms with Crippen molar-refractivity contribution in [1.29, 1.82) is 0 Å². The van der Waals surface area contributed by atoms with Gasteiger partial charge < -0.3 is 5.32 Å². The number of pyridine rings is 1. The fraction of sp³-hybridized carbons (Fsp3) is 0.158. The number of benzene rings is 1. The van der Waals surface area contributed by atoms with E-state index < -0.39 is 23.6 Å². The van der Waals surface area contributed by atoms with Crippen LogP contribution in [-0.4, -0.2) is 20.4 Å². The number of nitrogens with one attached hydrogen (secondary N) is 1. The third-order valence-electron chi connectivity index (χ3n) is 4.39. The molecule has 1 N–H and O–H groups in total. The van der Waals surface area contributed by atoms with Crippen molar-refractivity contribution in [3.8, 4) is 0 Å². The number of hydrogen-bond acceptors (Lipinski definition) is 5. The number of carbonyl (C=O) groups excluding carboxylic acids is 1. The second kappa shape index (κ2) is 7.08. The zero-order valence-electron chi connectivity index (χ0n) is 14.6. The minimum atomic E-state index is -0.926. The average molecular weight is 400 g/mol. The zero-order valence-corrected chi connectivity index (χ0v) is 15.5. The summed E-state index contributed by atoms with van der Waals surface area (Å²) in [7, 11) is 0. The summed E-state index contributed by atoms with van der Waals surface area (Å²) in [5.74, 6) is -2.07. The summed E-state index contributed by atoms with van der Waals surface area (Å²) in [6.45, 7) is 1.72. The van der Waals surface area contributed by atoms with Crippen LogP contribution in [0.3, 0.4) is 0 Å². The van der Waals surface area contributed by atoms with Crippen molar-refractivity contribution in [2.24, 2.45) is 0 Å². The van der Waals surface area contributed by atoms with Gasteiger partial charge in [0.25, 0.3) is 5.56 Å². The molecule has 1 atom stereocenters. The largest absolute Gasteiger partial charge is 0.322 e. The average Bonchev–Trinajstić information content (AvgIpc) is 3.07. The molecule has 1 amide bonds. The van der Waals surface area contributed by atoms with Gasteiger partial charge in [-0.3, -0.25) is 14.2 Å². The van der Waals surface area contributed by atoms with Gasteiger partial charge in [-0.2, -0.15) is 0 Å². The molecular weight excluding hydrogens is 386 g/mol. The van der Waals surface area contributed by atoms with Gasteiger partial charge in [-0.1, -0.05) is 6.92 Å². The van der Waals surface area contributed by atoms with E-state index in [0.29, 0.717) is 15.0 Å². The Hall–Kier alpha value is -3.20. The Bertz CT molecular complexity index is 1270. The minimum Gasteiger partial charge on any atom is -0.322 e. The number of anilines is 1. The minimum absolute atomic E-state index is 0.263. The van der Waals surface area contributed by atoms with Gasteiger partial charge in [0.05, 0.1) is 17.5 Å². The van der Waals surface area contributed by atoms with Crippen LogP contribution in [0.5, 0.6) is 0 Å². The van der Waals surface area contributed by atoms with Crippen molar-refractivity contribution in [2.45, 2.75) is 19.4 Å². The lowest BCUT2D eigenvalue weighted by molar-refractivity contribution is -0.119.